The molecule has 0 aliphatic carbocycles. The lowest BCUT2D eigenvalue weighted by Gasteiger charge is -2.11. The van der Waals surface area contributed by atoms with Crippen molar-refractivity contribution in [1.29, 1.82) is 0 Å². The molecule has 0 aliphatic rings. The molecule has 0 bridgehead atoms. The lowest BCUT2D eigenvalue weighted by Crippen LogP contribution is -2.08. The van der Waals surface area contributed by atoms with Crippen molar-refractivity contribution in [3.8, 4) is 22.5 Å². The smallest absolute Gasteiger partial charge is 0.253 e. The minimum Gasteiger partial charge on any atom is -0.253 e. The second-order valence-electron chi connectivity index (χ2n) is 6.75. The summed E-state index contributed by atoms with van der Waals surface area (Å²) in [5.41, 5.74) is -0.570. The van der Waals surface area contributed by atoms with Crippen LogP contribution in [0.3, 0.4) is 0 Å². The maximum absolute atomic E-state index is 13.9. The third-order valence-electron chi connectivity index (χ3n) is 4.68. The van der Waals surface area contributed by atoms with Gasteiger partial charge in [-0.15, -0.1) is 0 Å². The van der Waals surface area contributed by atoms with Gasteiger partial charge in [0, 0.05) is 24.0 Å². The van der Waals surface area contributed by atoms with E-state index in [-0.39, 0.29) is 32.7 Å². The number of rotatable bonds is 4. The normalized spacial score (nSPS) is 12.4. The van der Waals surface area contributed by atoms with Gasteiger partial charge in [-0.25, -0.2) is 22.3 Å². The molecule has 0 amide bonds. The summed E-state index contributed by atoms with van der Waals surface area (Å²) < 4.78 is 79.2. The highest BCUT2D eigenvalue weighted by molar-refractivity contribution is 7.91. The molecule has 4 rings (SSSR count). The van der Waals surface area contributed by atoms with E-state index in [1.807, 2.05) is 0 Å². The zero-order valence-corrected chi connectivity index (χ0v) is 17.8. The number of pyridine rings is 1. The SMILES string of the molecule is CCS(=O)(=O)c1cc(-c2ccc(Cl)c(F)c2)cnc1-c1ccn2nc(C(F)(F)F)cc2n1. The molecule has 0 radical (unpaired) electrons. The second-order valence-corrected chi connectivity index (χ2v) is 9.40. The molecule has 32 heavy (non-hydrogen) atoms. The van der Waals surface area contributed by atoms with Crippen LogP contribution < -0.4 is 0 Å². The molecule has 6 nitrogen and oxygen atoms in total. The van der Waals surface area contributed by atoms with Crippen molar-refractivity contribution < 1.29 is 26.0 Å². The van der Waals surface area contributed by atoms with E-state index in [9.17, 15) is 26.0 Å². The molecule has 0 saturated carbocycles. The van der Waals surface area contributed by atoms with E-state index < -0.39 is 27.5 Å². The van der Waals surface area contributed by atoms with E-state index >= 15 is 0 Å². The number of nitrogens with zero attached hydrogens (tertiary/aromatic N) is 4. The topological polar surface area (TPSA) is 77.2 Å². The van der Waals surface area contributed by atoms with Crippen molar-refractivity contribution in [3.05, 3.63) is 65.3 Å². The van der Waals surface area contributed by atoms with E-state index in [1.165, 1.54) is 43.6 Å². The van der Waals surface area contributed by atoms with Gasteiger partial charge in [0.25, 0.3) is 0 Å². The summed E-state index contributed by atoms with van der Waals surface area (Å²) in [6, 6.07) is 7.40. The van der Waals surface area contributed by atoms with Crippen LogP contribution in [0, 0.1) is 5.82 Å². The fourth-order valence-electron chi connectivity index (χ4n) is 3.01. The number of aromatic nitrogens is 4. The highest BCUT2D eigenvalue weighted by Gasteiger charge is 2.34. The number of hydrogen-bond donors (Lipinski definition) is 0. The Hall–Kier alpha value is -3.05. The van der Waals surface area contributed by atoms with Crippen molar-refractivity contribution >= 4 is 27.1 Å². The summed E-state index contributed by atoms with van der Waals surface area (Å²) in [4.78, 5) is 8.14. The summed E-state index contributed by atoms with van der Waals surface area (Å²) in [5, 5.41) is 3.33. The number of hydrogen-bond acceptors (Lipinski definition) is 5. The Morgan fingerprint density at radius 2 is 1.84 bits per heavy atom. The average molecular weight is 485 g/mol. The molecule has 0 spiro atoms. The predicted molar refractivity (Wildman–Crippen MR) is 109 cm³/mol. The fourth-order valence-corrected chi connectivity index (χ4v) is 4.20. The van der Waals surface area contributed by atoms with Gasteiger partial charge in [0.1, 0.15) is 11.5 Å². The Balaban J connectivity index is 1.89. The molecule has 0 N–H and O–H groups in total. The van der Waals surface area contributed by atoms with Gasteiger partial charge in [0.15, 0.2) is 21.2 Å². The maximum atomic E-state index is 13.9. The Kier molecular flexibility index (Phi) is 5.41. The molecular formula is C20H13ClF4N4O2S. The van der Waals surface area contributed by atoms with Crippen molar-refractivity contribution in [2.45, 2.75) is 18.0 Å². The van der Waals surface area contributed by atoms with Crippen LogP contribution in [-0.4, -0.2) is 33.8 Å². The fraction of sp³-hybridized carbons (Fsp3) is 0.150. The predicted octanol–water partition coefficient (Wildman–Crippen LogP) is 5.06. The molecule has 1 aromatic carbocycles. The zero-order valence-electron chi connectivity index (χ0n) is 16.2. The number of sulfone groups is 1. The van der Waals surface area contributed by atoms with E-state index in [0.717, 1.165) is 16.6 Å². The quantitative estimate of drug-likeness (QED) is 0.378. The average Bonchev–Trinajstić information content (AvgIpc) is 3.19. The molecule has 12 heteroatoms. The Bertz CT molecular complexity index is 1450. The van der Waals surface area contributed by atoms with Crippen LogP contribution >= 0.6 is 11.6 Å². The first-order valence-electron chi connectivity index (χ1n) is 9.12. The molecule has 3 aromatic heterocycles. The van der Waals surface area contributed by atoms with Crippen LogP contribution in [0.25, 0.3) is 28.2 Å². The summed E-state index contributed by atoms with van der Waals surface area (Å²) >= 11 is 5.71. The first-order valence-corrected chi connectivity index (χ1v) is 11.1. The summed E-state index contributed by atoms with van der Waals surface area (Å²) in [6.45, 7) is 1.44. The van der Waals surface area contributed by atoms with E-state index in [0.29, 0.717) is 11.1 Å². The van der Waals surface area contributed by atoms with Gasteiger partial charge in [-0.05, 0) is 29.8 Å². The number of fused-ring (bicyclic) bond motifs is 1. The van der Waals surface area contributed by atoms with Crippen LogP contribution in [0.2, 0.25) is 5.02 Å². The van der Waals surface area contributed by atoms with E-state index in [1.54, 1.807) is 0 Å². The minimum absolute atomic E-state index is 0.0395. The van der Waals surface area contributed by atoms with Gasteiger partial charge < -0.3 is 0 Å². The van der Waals surface area contributed by atoms with Crippen LogP contribution in [0.5, 0.6) is 0 Å². The van der Waals surface area contributed by atoms with Crippen molar-refractivity contribution in [3.63, 3.8) is 0 Å². The molecule has 4 aromatic rings. The molecule has 0 saturated heterocycles. The second kappa shape index (κ2) is 7.82. The van der Waals surface area contributed by atoms with Gasteiger partial charge >= 0.3 is 6.18 Å². The van der Waals surface area contributed by atoms with Gasteiger partial charge in [-0.1, -0.05) is 24.6 Å². The number of halogens is 5. The standard InChI is InChI=1S/C20H13ClF4N4O2S/c1-2-32(30,31)16-8-12(11-3-4-13(21)14(22)7-11)10-26-19(16)15-5-6-29-18(27-15)9-17(28-29)20(23,24)25/h3-10H,2H2,1H3. The third-order valence-corrected chi connectivity index (χ3v) is 6.73. The maximum Gasteiger partial charge on any atom is 0.435 e. The summed E-state index contributed by atoms with van der Waals surface area (Å²) in [7, 11) is -3.82. The van der Waals surface area contributed by atoms with Gasteiger partial charge in [0.05, 0.1) is 21.4 Å². The molecule has 0 aliphatic heterocycles. The van der Waals surface area contributed by atoms with Crippen molar-refractivity contribution in [2.75, 3.05) is 5.75 Å². The van der Waals surface area contributed by atoms with E-state index in [2.05, 4.69) is 15.1 Å². The lowest BCUT2D eigenvalue weighted by molar-refractivity contribution is -0.141. The van der Waals surface area contributed by atoms with Crippen molar-refractivity contribution in [2.24, 2.45) is 0 Å². The summed E-state index contributed by atoms with van der Waals surface area (Å²) in [6.07, 6.45) is -2.09. The monoisotopic (exact) mass is 484 g/mol. The van der Waals surface area contributed by atoms with Gasteiger partial charge in [-0.2, -0.15) is 18.3 Å². The molecule has 3 heterocycles. The Morgan fingerprint density at radius 3 is 2.50 bits per heavy atom. The number of alkyl halides is 3. The minimum atomic E-state index is -4.65. The first kappa shape index (κ1) is 22.2. The van der Waals surface area contributed by atoms with E-state index in [4.69, 9.17) is 11.6 Å². The van der Waals surface area contributed by atoms with Gasteiger partial charge in [0.2, 0.25) is 0 Å². The van der Waals surface area contributed by atoms with Crippen LogP contribution in [0.1, 0.15) is 12.6 Å². The largest absolute Gasteiger partial charge is 0.435 e. The Labute approximate surface area is 184 Å². The molecule has 166 valence electrons. The highest BCUT2D eigenvalue weighted by Crippen LogP contribution is 2.32. The number of benzene rings is 1. The van der Waals surface area contributed by atoms with Crippen molar-refractivity contribution in [1.82, 2.24) is 19.6 Å². The third kappa shape index (κ3) is 4.05. The van der Waals surface area contributed by atoms with Gasteiger partial charge in [-0.3, -0.25) is 4.98 Å². The zero-order chi connectivity index (χ0) is 23.3. The highest BCUT2D eigenvalue weighted by atomic mass is 35.5. The Morgan fingerprint density at radius 1 is 1.09 bits per heavy atom. The molecular weight excluding hydrogens is 472 g/mol. The summed E-state index contributed by atoms with van der Waals surface area (Å²) in [5.74, 6) is -0.936. The van der Waals surface area contributed by atoms with Crippen LogP contribution in [-0.2, 0) is 16.0 Å². The molecule has 0 atom stereocenters. The van der Waals surface area contributed by atoms with Crippen LogP contribution in [0.15, 0.2) is 53.7 Å². The first-order chi connectivity index (χ1) is 15.0. The van der Waals surface area contributed by atoms with Crippen LogP contribution in [0.4, 0.5) is 17.6 Å². The molecule has 0 fully saturated rings. The molecule has 0 unspecified atom stereocenters. The lowest BCUT2D eigenvalue weighted by atomic mass is 10.1.